The third-order valence-electron chi connectivity index (χ3n) is 5.58. The molecule has 2 aliphatic rings. The Kier molecular flexibility index (Phi) is 5.07. The lowest BCUT2D eigenvalue weighted by Crippen LogP contribution is -2.34. The number of aryl methyl sites for hydroxylation is 1. The second-order valence-corrected chi connectivity index (χ2v) is 7.27. The van der Waals surface area contributed by atoms with Gasteiger partial charge < -0.3 is 15.0 Å². The molecule has 4 rings (SSSR count). The summed E-state index contributed by atoms with van der Waals surface area (Å²) in [7, 11) is 1.74. The fourth-order valence-corrected chi connectivity index (χ4v) is 4.15. The second kappa shape index (κ2) is 7.62. The van der Waals surface area contributed by atoms with Crippen LogP contribution in [-0.2, 0) is 12.8 Å². The number of nitrogens with one attached hydrogen (secondary N) is 1. The molecule has 0 aliphatic carbocycles. The standard InChI is InChI=1S/C21H28N4O/c1-15-17-8-6-13-25(14-11-16-7-3-4-10-19(16)26-2)21(17)24-20(23-15)18-9-5-12-22-18/h3-4,7,10,18,22H,5-6,8-9,11-14H2,1-2H3. The largest absolute Gasteiger partial charge is 0.496 e. The summed E-state index contributed by atoms with van der Waals surface area (Å²) in [6.07, 6.45) is 5.57. The van der Waals surface area contributed by atoms with E-state index in [0.717, 1.165) is 62.0 Å². The van der Waals surface area contributed by atoms with E-state index in [1.165, 1.54) is 24.0 Å². The Morgan fingerprint density at radius 2 is 2.12 bits per heavy atom. The third kappa shape index (κ3) is 3.40. The SMILES string of the molecule is COc1ccccc1CCN1CCCc2c(C)nc(C3CCCN3)nc21. The van der Waals surface area contributed by atoms with E-state index in [-0.39, 0.29) is 0 Å². The van der Waals surface area contributed by atoms with E-state index in [2.05, 4.69) is 29.3 Å². The maximum atomic E-state index is 5.51. The van der Waals surface area contributed by atoms with Crippen LogP contribution < -0.4 is 15.0 Å². The van der Waals surface area contributed by atoms with Crippen LogP contribution in [0.5, 0.6) is 5.75 Å². The van der Waals surface area contributed by atoms with Gasteiger partial charge in [-0.3, -0.25) is 0 Å². The number of benzene rings is 1. The summed E-state index contributed by atoms with van der Waals surface area (Å²) in [4.78, 5) is 12.3. The van der Waals surface area contributed by atoms with E-state index in [9.17, 15) is 0 Å². The number of hydrogen-bond acceptors (Lipinski definition) is 5. The Balaban J connectivity index is 1.57. The van der Waals surface area contributed by atoms with Crippen molar-refractivity contribution < 1.29 is 4.74 Å². The summed E-state index contributed by atoms with van der Waals surface area (Å²) in [5.74, 6) is 3.10. The molecule has 2 aliphatic heterocycles. The minimum atomic E-state index is 0.317. The molecule has 1 N–H and O–H groups in total. The van der Waals surface area contributed by atoms with Gasteiger partial charge in [0.25, 0.3) is 0 Å². The van der Waals surface area contributed by atoms with Crippen molar-refractivity contribution in [2.45, 2.75) is 45.1 Å². The molecule has 1 fully saturated rings. The molecule has 1 aromatic carbocycles. The van der Waals surface area contributed by atoms with Gasteiger partial charge in [0.05, 0.1) is 13.2 Å². The second-order valence-electron chi connectivity index (χ2n) is 7.27. The van der Waals surface area contributed by atoms with Crippen LogP contribution in [0.1, 0.15) is 47.9 Å². The van der Waals surface area contributed by atoms with Gasteiger partial charge in [-0.1, -0.05) is 18.2 Å². The lowest BCUT2D eigenvalue weighted by molar-refractivity contribution is 0.409. The average molecular weight is 352 g/mol. The Morgan fingerprint density at radius 3 is 2.92 bits per heavy atom. The van der Waals surface area contributed by atoms with Crippen LogP contribution in [0, 0.1) is 6.92 Å². The maximum Gasteiger partial charge on any atom is 0.147 e. The van der Waals surface area contributed by atoms with Crippen LogP contribution in [0.2, 0.25) is 0 Å². The fourth-order valence-electron chi connectivity index (χ4n) is 4.15. The van der Waals surface area contributed by atoms with Crippen molar-refractivity contribution in [3.63, 3.8) is 0 Å². The number of methoxy groups -OCH3 is 1. The van der Waals surface area contributed by atoms with Crippen LogP contribution in [-0.4, -0.2) is 36.7 Å². The number of anilines is 1. The molecule has 0 saturated carbocycles. The fraction of sp³-hybridized carbons (Fsp3) is 0.524. The zero-order chi connectivity index (χ0) is 17.9. The first-order chi connectivity index (χ1) is 12.8. The Labute approximate surface area is 155 Å². The van der Waals surface area contributed by atoms with Crippen molar-refractivity contribution in [3.05, 3.63) is 46.9 Å². The first-order valence-electron chi connectivity index (χ1n) is 9.74. The van der Waals surface area contributed by atoms with Crippen LogP contribution in [0.15, 0.2) is 24.3 Å². The third-order valence-corrected chi connectivity index (χ3v) is 5.58. The van der Waals surface area contributed by atoms with Crippen LogP contribution in [0.25, 0.3) is 0 Å². The summed E-state index contributed by atoms with van der Waals surface area (Å²) in [6, 6.07) is 8.61. The normalized spacial score (nSPS) is 19.5. The minimum Gasteiger partial charge on any atom is -0.496 e. The first-order valence-corrected chi connectivity index (χ1v) is 9.74. The molecule has 138 valence electrons. The Bertz CT molecular complexity index is 771. The van der Waals surface area contributed by atoms with E-state index in [4.69, 9.17) is 14.7 Å². The first kappa shape index (κ1) is 17.3. The lowest BCUT2D eigenvalue weighted by atomic mass is 10.0. The van der Waals surface area contributed by atoms with Crippen molar-refractivity contribution in [2.75, 3.05) is 31.6 Å². The van der Waals surface area contributed by atoms with Crippen molar-refractivity contribution in [2.24, 2.45) is 0 Å². The number of ether oxygens (including phenoxy) is 1. The van der Waals surface area contributed by atoms with E-state index in [1.807, 2.05) is 12.1 Å². The molecule has 0 bridgehead atoms. The van der Waals surface area contributed by atoms with Crippen LogP contribution in [0.4, 0.5) is 5.82 Å². The molecular formula is C21H28N4O. The van der Waals surface area contributed by atoms with Crippen molar-refractivity contribution >= 4 is 5.82 Å². The number of aromatic nitrogens is 2. The topological polar surface area (TPSA) is 50.3 Å². The van der Waals surface area contributed by atoms with Gasteiger partial charge >= 0.3 is 0 Å². The molecule has 1 unspecified atom stereocenters. The summed E-state index contributed by atoms with van der Waals surface area (Å²) in [5.41, 5.74) is 3.74. The molecule has 1 aromatic heterocycles. The average Bonchev–Trinajstić information content (AvgIpc) is 3.21. The van der Waals surface area contributed by atoms with Crippen LogP contribution in [0.3, 0.4) is 0 Å². The smallest absolute Gasteiger partial charge is 0.147 e. The summed E-state index contributed by atoms with van der Waals surface area (Å²) >= 11 is 0. The molecule has 2 aromatic rings. The number of rotatable bonds is 5. The van der Waals surface area contributed by atoms with E-state index in [1.54, 1.807) is 7.11 Å². The van der Waals surface area contributed by atoms with Gasteiger partial charge in [0.15, 0.2) is 0 Å². The Hall–Kier alpha value is -2.14. The Morgan fingerprint density at radius 1 is 1.23 bits per heavy atom. The molecule has 1 saturated heterocycles. The highest BCUT2D eigenvalue weighted by atomic mass is 16.5. The number of hydrogen-bond donors (Lipinski definition) is 1. The van der Waals surface area contributed by atoms with Gasteiger partial charge in [-0.05, 0) is 57.2 Å². The van der Waals surface area contributed by atoms with Crippen molar-refractivity contribution in [1.29, 1.82) is 0 Å². The van der Waals surface area contributed by atoms with Gasteiger partial charge in [0, 0.05) is 24.3 Å². The predicted molar refractivity (Wildman–Crippen MR) is 104 cm³/mol. The molecule has 5 nitrogen and oxygen atoms in total. The van der Waals surface area contributed by atoms with Gasteiger partial charge in [-0.2, -0.15) is 0 Å². The van der Waals surface area contributed by atoms with Crippen LogP contribution >= 0.6 is 0 Å². The van der Waals surface area contributed by atoms with Crippen molar-refractivity contribution in [1.82, 2.24) is 15.3 Å². The molecule has 0 amide bonds. The highest BCUT2D eigenvalue weighted by molar-refractivity contribution is 5.52. The molecular weight excluding hydrogens is 324 g/mol. The summed E-state index contributed by atoms with van der Waals surface area (Å²) in [5, 5.41) is 3.53. The monoisotopic (exact) mass is 352 g/mol. The van der Waals surface area contributed by atoms with Gasteiger partial charge in [0.1, 0.15) is 17.4 Å². The molecule has 26 heavy (non-hydrogen) atoms. The van der Waals surface area contributed by atoms with E-state index >= 15 is 0 Å². The molecule has 5 heteroatoms. The van der Waals surface area contributed by atoms with Gasteiger partial charge in [0.2, 0.25) is 0 Å². The maximum absolute atomic E-state index is 5.51. The van der Waals surface area contributed by atoms with Gasteiger partial charge in [-0.15, -0.1) is 0 Å². The van der Waals surface area contributed by atoms with E-state index in [0.29, 0.717) is 6.04 Å². The zero-order valence-corrected chi connectivity index (χ0v) is 15.8. The lowest BCUT2D eigenvalue weighted by Gasteiger charge is -2.31. The number of nitrogens with zero attached hydrogens (tertiary/aromatic N) is 3. The number of para-hydroxylation sites is 1. The highest BCUT2D eigenvalue weighted by Crippen LogP contribution is 2.30. The summed E-state index contributed by atoms with van der Waals surface area (Å²) in [6.45, 7) is 5.24. The summed E-state index contributed by atoms with van der Waals surface area (Å²) < 4.78 is 5.51. The van der Waals surface area contributed by atoms with E-state index < -0.39 is 0 Å². The zero-order valence-electron chi connectivity index (χ0n) is 15.8. The molecule has 0 spiro atoms. The van der Waals surface area contributed by atoms with Crippen molar-refractivity contribution in [3.8, 4) is 5.75 Å². The molecule has 0 radical (unpaired) electrons. The predicted octanol–water partition coefficient (Wildman–Crippen LogP) is 3.21. The quantitative estimate of drug-likeness (QED) is 0.895. The highest BCUT2D eigenvalue weighted by Gasteiger charge is 2.26. The van der Waals surface area contributed by atoms with Gasteiger partial charge in [-0.25, -0.2) is 9.97 Å². The molecule has 3 heterocycles. The molecule has 1 atom stereocenters. The minimum absolute atomic E-state index is 0.317. The number of fused-ring (bicyclic) bond motifs is 1.